The van der Waals surface area contributed by atoms with Gasteiger partial charge in [0.15, 0.2) is 11.0 Å². The molecular weight excluding hydrogens is 392 g/mol. The van der Waals surface area contributed by atoms with E-state index in [1.165, 1.54) is 5.56 Å². The van der Waals surface area contributed by atoms with Gasteiger partial charge < -0.3 is 19.3 Å². The van der Waals surface area contributed by atoms with Crippen LogP contribution in [-0.2, 0) is 15.7 Å². The van der Waals surface area contributed by atoms with Crippen LogP contribution in [0.5, 0.6) is 0 Å². The molecule has 3 aromatic rings. The van der Waals surface area contributed by atoms with E-state index in [1.807, 2.05) is 22.5 Å². The number of morpholine rings is 1. The van der Waals surface area contributed by atoms with E-state index in [0.717, 1.165) is 0 Å². The average molecular weight is 419 g/mol. The van der Waals surface area contributed by atoms with E-state index in [2.05, 4.69) is 29.3 Å². The van der Waals surface area contributed by atoms with Gasteiger partial charge in [0, 0.05) is 19.2 Å². The first kappa shape index (κ1) is 21.4. The highest BCUT2D eigenvalue weighted by Gasteiger charge is 2.24. The van der Waals surface area contributed by atoms with E-state index >= 15 is 0 Å². The first-order chi connectivity index (χ1) is 14.0. The van der Waals surface area contributed by atoms with Gasteiger partial charge in [0.2, 0.25) is 11.0 Å². The molecule has 0 aliphatic carbocycles. The van der Waals surface area contributed by atoms with E-state index in [0.29, 0.717) is 54.5 Å². The smallest absolute Gasteiger partial charge is 0.251 e. The third kappa shape index (κ3) is 5.60. The zero-order valence-corrected chi connectivity index (χ0v) is 17.6. The number of aryl methyl sites for hydroxylation is 2. The molecule has 1 aliphatic rings. The van der Waals surface area contributed by atoms with Crippen molar-refractivity contribution in [1.29, 1.82) is 0 Å². The van der Waals surface area contributed by atoms with Gasteiger partial charge in [0.1, 0.15) is 5.76 Å². The number of furan rings is 1. The Morgan fingerprint density at radius 3 is 2.34 bits per heavy atom. The normalized spacial score (nSPS) is 16.7. The highest BCUT2D eigenvalue weighted by atomic mass is 32.2. The third-order valence-electron chi connectivity index (χ3n) is 4.27. The predicted molar refractivity (Wildman–Crippen MR) is 109 cm³/mol. The number of nitrogens with two attached hydrogens (primary N) is 1. The van der Waals surface area contributed by atoms with Gasteiger partial charge in [-0.25, -0.2) is 8.51 Å². The van der Waals surface area contributed by atoms with Gasteiger partial charge in [-0.3, -0.25) is 0 Å². The Labute approximate surface area is 172 Å². The van der Waals surface area contributed by atoms with Gasteiger partial charge in [-0.2, -0.15) is 0 Å². The van der Waals surface area contributed by atoms with Crippen LogP contribution in [0.1, 0.15) is 30.2 Å². The van der Waals surface area contributed by atoms with Crippen LogP contribution in [0.3, 0.4) is 0 Å². The number of nitrogens with zero attached hydrogens (tertiary/aromatic N) is 3. The van der Waals surface area contributed by atoms with E-state index in [1.54, 1.807) is 19.9 Å². The van der Waals surface area contributed by atoms with Crippen LogP contribution < -0.4 is 5.73 Å². The van der Waals surface area contributed by atoms with Crippen molar-refractivity contribution in [3.8, 4) is 11.5 Å². The Morgan fingerprint density at radius 1 is 1.10 bits per heavy atom. The lowest BCUT2D eigenvalue weighted by Crippen LogP contribution is -2.37. The van der Waals surface area contributed by atoms with Gasteiger partial charge in [0.05, 0.1) is 24.8 Å². The first-order valence-corrected chi connectivity index (χ1v) is 10.5. The lowest BCUT2D eigenvalue weighted by molar-refractivity contribution is 0.0747. The Bertz CT molecular complexity index is 933. The topological polar surface area (TPSA) is 108 Å². The van der Waals surface area contributed by atoms with Gasteiger partial charge in [-0.05, 0) is 20.8 Å². The van der Waals surface area contributed by atoms with Crippen molar-refractivity contribution >= 4 is 11.0 Å². The number of aromatic nitrogens is 2. The third-order valence-corrected chi connectivity index (χ3v) is 5.65. The molecule has 1 saturated heterocycles. The fourth-order valence-electron chi connectivity index (χ4n) is 2.65. The molecule has 2 N–H and O–H groups in total. The second-order valence-electron chi connectivity index (χ2n) is 6.71. The maximum Gasteiger partial charge on any atom is 0.251 e. The van der Waals surface area contributed by atoms with E-state index in [9.17, 15) is 4.21 Å². The zero-order valence-electron chi connectivity index (χ0n) is 16.8. The molecule has 8 nitrogen and oxygen atoms in total. The lowest BCUT2D eigenvalue weighted by Gasteiger charge is -2.23. The molecule has 156 valence electrons. The monoisotopic (exact) mass is 418 g/mol. The van der Waals surface area contributed by atoms with Crippen molar-refractivity contribution < 1.29 is 17.8 Å². The Morgan fingerprint density at radius 2 is 1.79 bits per heavy atom. The zero-order chi connectivity index (χ0) is 20.8. The van der Waals surface area contributed by atoms with E-state index in [-0.39, 0.29) is 6.04 Å². The van der Waals surface area contributed by atoms with Crippen molar-refractivity contribution in [1.82, 2.24) is 14.5 Å². The fourth-order valence-corrected chi connectivity index (χ4v) is 3.80. The minimum absolute atomic E-state index is 0.318. The van der Waals surface area contributed by atoms with Crippen molar-refractivity contribution in [3.05, 3.63) is 53.6 Å². The molecule has 4 rings (SSSR count). The summed E-state index contributed by atoms with van der Waals surface area (Å²) in [5, 5.41) is 8.23. The van der Waals surface area contributed by atoms with Crippen LogP contribution in [0.2, 0.25) is 0 Å². The average Bonchev–Trinajstić information content (AvgIpc) is 3.36. The summed E-state index contributed by atoms with van der Waals surface area (Å²) in [6.45, 7) is 7.97. The molecule has 0 saturated carbocycles. The summed E-state index contributed by atoms with van der Waals surface area (Å²) in [6, 6.07) is 11.6. The second kappa shape index (κ2) is 9.93. The van der Waals surface area contributed by atoms with E-state index < -0.39 is 11.0 Å². The van der Waals surface area contributed by atoms with Crippen LogP contribution in [0.15, 0.2) is 50.3 Å². The Hall–Kier alpha value is -2.33. The molecule has 1 aliphatic heterocycles. The number of ether oxygens (including phenoxy) is 1. The standard InChI is InChI=1S/C13H18N4O4S.C7H8/c1-8(14)12-15-16-13(21-12)10-7-11(20-9(10)2)22(18)17-3-5-19-6-4-17;1-7-5-3-2-4-6-7/h7-8H,3-6,14H2,1-2H3;2-6H,1H3. The summed E-state index contributed by atoms with van der Waals surface area (Å²) < 4.78 is 30.7. The number of benzene rings is 1. The summed E-state index contributed by atoms with van der Waals surface area (Å²) >= 11 is 0. The SMILES string of the molecule is Cc1ccccc1.Cc1oc(S(=O)N2CCOCC2)cc1-c1nnc(C(C)N)o1. The Balaban J connectivity index is 0.000000290. The molecule has 1 aromatic carbocycles. The van der Waals surface area contributed by atoms with Gasteiger partial charge >= 0.3 is 0 Å². The molecular formula is C20H26N4O4S. The second-order valence-corrected chi connectivity index (χ2v) is 8.13. The van der Waals surface area contributed by atoms with Gasteiger partial charge in [-0.1, -0.05) is 35.9 Å². The molecule has 29 heavy (non-hydrogen) atoms. The van der Waals surface area contributed by atoms with Crippen LogP contribution >= 0.6 is 0 Å². The molecule has 0 amide bonds. The fraction of sp³-hybridized carbons (Fsp3) is 0.400. The summed E-state index contributed by atoms with van der Waals surface area (Å²) in [6.07, 6.45) is 0. The van der Waals surface area contributed by atoms with Crippen LogP contribution in [-0.4, -0.2) is 45.0 Å². The molecule has 3 heterocycles. The highest BCUT2D eigenvalue weighted by Crippen LogP contribution is 2.29. The van der Waals surface area contributed by atoms with Crippen molar-refractivity contribution in [2.24, 2.45) is 5.73 Å². The summed E-state index contributed by atoms with van der Waals surface area (Å²) in [4.78, 5) is 0. The molecule has 2 atom stereocenters. The number of rotatable bonds is 4. The van der Waals surface area contributed by atoms with Crippen LogP contribution in [0.25, 0.3) is 11.5 Å². The minimum atomic E-state index is -1.36. The quantitative estimate of drug-likeness (QED) is 0.694. The molecule has 0 spiro atoms. The number of hydrogen-bond donors (Lipinski definition) is 1. The molecule has 2 unspecified atom stereocenters. The largest absolute Gasteiger partial charge is 0.450 e. The van der Waals surface area contributed by atoms with Crippen LogP contribution in [0, 0.1) is 13.8 Å². The Kier molecular flexibility index (Phi) is 7.32. The van der Waals surface area contributed by atoms with Gasteiger partial charge in [0.25, 0.3) is 5.89 Å². The molecule has 9 heteroatoms. The first-order valence-electron chi connectivity index (χ1n) is 9.41. The van der Waals surface area contributed by atoms with Crippen molar-refractivity contribution in [3.63, 3.8) is 0 Å². The van der Waals surface area contributed by atoms with Crippen LogP contribution in [0.4, 0.5) is 0 Å². The molecule has 0 radical (unpaired) electrons. The van der Waals surface area contributed by atoms with Crippen molar-refractivity contribution in [2.45, 2.75) is 31.9 Å². The van der Waals surface area contributed by atoms with Gasteiger partial charge in [-0.15, -0.1) is 10.2 Å². The van der Waals surface area contributed by atoms with E-state index in [4.69, 9.17) is 19.3 Å². The molecule has 2 aromatic heterocycles. The number of hydrogen-bond acceptors (Lipinski definition) is 7. The minimum Gasteiger partial charge on any atom is -0.450 e. The molecule has 0 bridgehead atoms. The predicted octanol–water partition coefficient (Wildman–Crippen LogP) is 3.01. The lowest BCUT2D eigenvalue weighted by atomic mass is 10.2. The maximum absolute atomic E-state index is 12.5. The molecule has 1 fully saturated rings. The highest BCUT2D eigenvalue weighted by molar-refractivity contribution is 7.82. The van der Waals surface area contributed by atoms with Crippen molar-refractivity contribution in [2.75, 3.05) is 26.3 Å². The maximum atomic E-state index is 12.5. The summed E-state index contributed by atoms with van der Waals surface area (Å²) in [7, 11) is -1.36. The summed E-state index contributed by atoms with van der Waals surface area (Å²) in [5.41, 5.74) is 7.66. The summed E-state index contributed by atoms with van der Waals surface area (Å²) in [5.74, 6) is 1.25.